The van der Waals surface area contributed by atoms with Crippen molar-refractivity contribution in [1.82, 2.24) is 15.8 Å². The number of nitrogens with one attached hydrogen (secondary N) is 2. The zero-order valence-corrected chi connectivity index (χ0v) is 16.2. The molecule has 2 aromatic rings. The van der Waals surface area contributed by atoms with Gasteiger partial charge in [-0.15, -0.1) is 0 Å². The van der Waals surface area contributed by atoms with E-state index in [1.165, 1.54) is 5.56 Å². The van der Waals surface area contributed by atoms with Crippen LogP contribution in [-0.2, 0) is 6.42 Å². The van der Waals surface area contributed by atoms with E-state index in [9.17, 15) is 0 Å². The van der Waals surface area contributed by atoms with Gasteiger partial charge in [-0.2, -0.15) is 0 Å². The summed E-state index contributed by atoms with van der Waals surface area (Å²) in [6.07, 6.45) is 0.918. The van der Waals surface area contributed by atoms with Crippen molar-refractivity contribution in [1.29, 1.82) is 0 Å². The normalized spacial score (nSPS) is 12.9. The van der Waals surface area contributed by atoms with E-state index in [-0.39, 0.29) is 5.92 Å². The molecule has 0 radical (unpaired) electrons. The van der Waals surface area contributed by atoms with E-state index in [1.807, 2.05) is 38.1 Å². The first-order valence-corrected chi connectivity index (χ1v) is 9.08. The fourth-order valence-corrected chi connectivity index (χ4v) is 2.96. The summed E-state index contributed by atoms with van der Waals surface area (Å²) in [7, 11) is 0. The number of benzene rings is 1. The molecule has 0 saturated heterocycles. The molecule has 1 aromatic heterocycles. The van der Waals surface area contributed by atoms with Crippen LogP contribution in [-0.4, -0.2) is 30.8 Å². The minimum absolute atomic E-state index is 0.262. The van der Waals surface area contributed by atoms with E-state index in [4.69, 9.17) is 21.1 Å². The second-order valence-corrected chi connectivity index (χ2v) is 6.60. The highest BCUT2D eigenvalue weighted by molar-refractivity contribution is 6.30. The number of rotatable bonds is 7. The summed E-state index contributed by atoms with van der Waals surface area (Å²) in [6, 6.07) is 7.93. The van der Waals surface area contributed by atoms with Crippen molar-refractivity contribution in [3.05, 3.63) is 51.9 Å². The third-order valence-electron chi connectivity index (χ3n) is 4.07. The van der Waals surface area contributed by atoms with Crippen LogP contribution in [0.3, 0.4) is 0 Å². The molecule has 1 aromatic carbocycles. The molecule has 0 aliphatic rings. The first-order valence-electron chi connectivity index (χ1n) is 8.70. The average Bonchev–Trinajstić information content (AvgIpc) is 2.93. The summed E-state index contributed by atoms with van der Waals surface area (Å²) in [4.78, 5) is 4.70. The summed E-state index contributed by atoms with van der Waals surface area (Å²) in [6.45, 7) is 10.5. The molecule has 0 spiro atoms. The predicted molar refractivity (Wildman–Crippen MR) is 104 cm³/mol. The Hall–Kier alpha value is -2.01. The van der Waals surface area contributed by atoms with Gasteiger partial charge in [0.1, 0.15) is 5.76 Å². The molecule has 0 amide bonds. The van der Waals surface area contributed by atoms with Gasteiger partial charge in [-0.3, -0.25) is 4.99 Å². The first-order chi connectivity index (χ1) is 12.0. The minimum Gasteiger partial charge on any atom is -0.361 e. The van der Waals surface area contributed by atoms with Gasteiger partial charge >= 0.3 is 0 Å². The van der Waals surface area contributed by atoms with Crippen LogP contribution in [0.15, 0.2) is 33.8 Å². The highest BCUT2D eigenvalue weighted by Crippen LogP contribution is 2.23. The fourth-order valence-electron chi connectivity index (χ4n) is 2.83. The lowest BCUT2D eigenvalue weighted by molar-refractivity contribution is 0.391. The Morgan fingerprint density at radius 1 is 1.24 bits per heavy atom. The zero-order valence-electron chi connectivity index (χ0n) is 15.4. The highest BCUT2D eigenvalue weighted by atomic mass is 35.5. The molecule has 5 nitrogen and oxygen atoms in total. The third-order valence-corrected chi connectivity index (χ3v) is 4.32. The van der Waals surface area contributed by atoms with Gasteiger partial charge in [0.05, 0.1) is 5.69 Å². The SMILES string of the molecule is CCNC(=NCC(C)c1c(C)noc1C)NCCc1ccc(Cl)cc1. The van der Waals surface area contributed by atoms with Crippen LogP contribution in [0.2, 0.25) is 5.02 Å². The average molecular weight is 363 g/mol. The van der Waals surface area contributed by atoms with Gasteiger partial charge in [-0.1, -0.05) is 35.8 Å². The number of guanidine groups is 1. The minimum atomic E-state index is 0.262. The lowest BCUT2D eigenvalue weighted by atomic mass is 10.00. The van der Waals surface area contributed by atoms with E-state index in [2.05, 4.69) is 29.6 Å². The number of nitrogens with zero attached hydrogens (tertiary/aromatic N) is 2. The van der Waals surface area contributed by atoms with Gasteiger partial charge in [0.2, 0.25) is 0 Å². The molecule has 1 heterocycles. The Morgan fingerprint density at radius 3 is 2.56 bits per heavy atom. The fraction of sp³-hybridized carbons (Fsp3) is 0.474. The summed E-state index contributed by atoms with van der Waals surface area (Å²) in [5, 5.41) is 11.5. The van der Waals surface area contributed by atoms with Crippen LogP contribution in [0, 0.1) is 13.8 Å². The van der Waals surface area contributed by atoms with E-state index in [1.54, 1.807) is 0 Å². The maximum atomic E-state index is 5.92. The molecule has 136 valence electrons. The quantitative estimate of drug-likeness (QED) is 0.580. The molecule has 6 heteroatoms. The monoisotopic (exact) mass is 362 g/mol. The number of hydrogen-bond acceptors (Lipinski definition) is 3. The Morgan fingerprint density at radius 2 is 1.96 bits per heavy atom. The van der Waals surface area contributed by atoms with Crippen LogP contribution >= 0.6 is 11.6 Å². The number of halogens is 1. The van der Waals surface area contributed by atoms with Crippen molar-refractivity contribution in [2.24, 2.45) is 4.99 Å². The molecule has 1 atom stereocenters. The van der Waals surface area contributed by atoms with Crippen molar-refractivity contribution >= 4 is 17.6 Å². The molecular weight excluding hydrogens is 336 g/mol. The summed E-state index contributed by atoms with van der Waals surface area (Å²) in [5.74, 6) is 1.97. The van der Waals surface area contributed by atoms with Crippen molar-refractivity contribution in [3.8, 4) is 0 Å². The predicted octanol–water partition coefficient (Wildman–Crippen LogP) is 3.85. The molecule has 2 rings (SSSR count). The summed E-state index contributed by atoms with van der Waals surface area (Å²) in [5.41, 5.74) is 3.35. The Balaban J connectivity index is 1.90. The van der Waals surface area contributed by atoms with Crippen LogP contribution in [0.25, 0.3) is 0 Å². The first kappa shape index (κ1) is 19.3. The van der Waals surface area contributed by atoms with Gasteiger partial charge in [-0.05, 0) is 44.9 Å². The van der Waals surface area contributed by atoms with Gasteiger partial charge in [0, 0.05) is 36.1 Å². The summed E-state index contributed by atoms with van der Waals surface area (Å²) >= 11 is 5.92. The van der Waals surface area contributed by atoms with E-state index < -0.39 is 0 Å². The van der Waals surface area contributed by atoms with Crippen LogP contribution in [0.5, 0.6) is 0 Å². The topological polar surface area (TPSA) is 62.5 Å². The lowest BCUT2D eigenvalue weighted by Crippen LogP contribution is -2.38. The van der Waals surface area contributed by atoms with Gasteiger partial charge in [0.25, 0.3) is 0 Å². The van der Waals surface area contributed by atoms with Gasteiger partial charge < -0.3 is 15.2 Å². The molecule has 0 aliphatic carbocycles. The van der Waals surface area contributed by atoms with E-state index >= 15 is 0 Å². The van der Waals surface area contributed by atoms with Crippen molar-refractivity contribution in [3.63, 3.8) is 0 Å². The maximum Gasteiger partial charge on any atom is 0.191 e. The van der Waals surface area contributed by atoms with Crippen molar-refractivity contribution in [2.45, 2.75) is 40.0 Å². The molecule has 0 saturated carbocycles. The smallest absolute Gasteiger partial charge is 0.191 e. The van der Waals surface area contributed by atoms with E-state index in [0.29, 0.717) is 6.54 Å². The van der Waals surface area contributed by atoms with Gasteiger partial charge in [-0.25, -0.2) is 0 Å². The molecule has 0 aliphatic heterocycles. The van der Waals surface area contributed by atoms with Crippen LogP contribution in [0.4, 0.5) is 0 Å². The van der Waals surface area contributed by atoms with E-state index in [0.717, 1.165) is 47.5 Å². The van der Waals surface area contributed by atoms with Crippen molar-refractivity contribution < 1.29 is 4.52 Å². The number of hydrogen-bond donors (Lipinski definition) is 2. The number of aromatic nitrogens is 1. The van der Waals surface area contributed by atoms with Crippen molar-refractivity contribution in [2.75, 3.05) is 19.6 Å². The second-order valence-electron chi connectivity index (χ2n) is 6.16. The standard InChI is InChI=1S/C19H27ClN4O/c1-5-21-19(22-11-10-16-6-8-17(20)9-7-16)23-12-13(2)18-14(3)24-25-15(18)4/h6-9,13H,5,10-12H2,1-4H3,(H2,21,22,23). The number of aliphatic imine (C=N–C) groups is 1. The highest BCUT2D eigenvalue weighted by Gasteiger charge is 2.16. The number of aryl methyl sites for hydroxylation is 2. The molecule has 0 fully saturated rings. The zero-order chi connectivity index (χ0) is 18.2. The molecule has 0 bridgehead atoms. The summed E-state index contributed by atoms with van der Waals surface area (Å²) < 4.78 is 5.25. The Labute approximate surface area is 154 Å². The second kappa shape index (κ2) is 9.47. The van der Waals surface area contributed by atoms with Gasteiger partial charge in [0.15, 0.2) is 5.96 Å². The maximum absolute atomic E-state index is 5.92. The molecule has 1 unspecified atom stereocenters. The Bertz CT molecular complexity index is 674. The third kappa shape index (κ3) is 5.78. The Kier molecular flexibility index (Phi) is 7.31. The largest absolute Gasteiger partial charge is 0.361 e. The molecular formula is C19H27ClN4O. The van der Waals surface area contributed by atoms with Crippen LogP contribution < -0.4 is 10.6 Å². The molecule has 25 heavy (non-hydrogen) atoms. The lowest BCUT2D eigenvalue weighted by Gasteiger charge is -2.13. The molecule has 2 N–H and O–H groups in total. The van der Waals surface area contributed by atoms with Crippen LogP contribution in [0.1, 0.15) is 42.3 Å².